The number of fused-ring (bicyclic) bond motifs is 1. The number of aromatic nitrogens is 3. The summed E-state index contributed by atoms with van der Waals surface area (Å²) < 4.78 is 46.4. The van der Waals surface area contributed by atoms with Crippen molar-refractivity contribution >= 4 is 29.2 Å². The highest BCUT2D eigenvalue weighted by Crippen LogP contribution is 2.31. The van der Waals surface area contributed by atoms with E-state index in [-0.39, 0.29) is 41.5 Å². The van der Waals surface area contributed by atoms with Crippen molar-refractivity contribution in [1.82, 2.24) is 19.9 Å². The molecule has 0 radical (unpaired) electrons. The molecule has 1 N–H and O–H groups in total. The molecule has 0 aromatic carbocycles. The number of halogens is 4. The fourth-order valence-electron chi connectivity index (χ4n) is 3.05. The standard InChI is InChI=1S/C19H13ClF3N5O4/c20-13-3-10(4-26-17(13)31-8-19(21,22)23)6-28-7-12-11(18(28)30)1-2-25-15(12)27-16(29)14-5-24-9-32-14/h1-5,9H,6-8H2,(H,25,27,29). The number of nitrogens with one attached hydrogen (secondary N) is 1. The number of pyridine rings is 2. The number of nitrogens with zero attached hydrogens (tertiary/aromatic N) is 4. The van der Waals surface area contributed by atoms with Gasteiger partial charge in [-0.1, -0.05) is 11.6 Å². The van der Waals surface area contributed by atoms with Crippen molar-refractivity contribution in [2.45, 2.75) is 19.3 Å². The zero-order valence-corrected chi connectivity index (χ0v) is 16.8. The molecule has 32 heavy (non-hydrogen) atoms. The van der Waals surface area contributed by atoms with E-state index < -0.39 is 18.7 Å². The molecule has 0 spiro atoms. The minimum Gasteiger partial charge on any atom is -0.467 e. The van der Waals surface area contributed by atoms with Crippen molar-refractivity contribution in [2.75, 3.05) is 11.9 Å². The number of carbonyl (C=O) groups excluding carboxylic acids is 2. The van der Waals surface area contributed by atoms with Crippen molar-refractivity contribution in [1.29, 1.82) is 0 Å². The highest BCUT2D eigenvalue weighted by Gasteiger charge is 2.32. The number of alkyl halides is 3. The summed E-state index contributed by atoms with van der Waals surface area (Å²) in [6.07, 6.45) is 0.503. The second-order valence-electron chi connectivity index (χ2n) is 6.70. The van der Waals surface area contributed by atoms with E-state index in [1.807, 2.05) is 0 Å². The van der Waals surface area contributed by atoms with Gasteiger partial charge in [0.2, 0.25) is 11.6 Å². The van der Waals surface area contributed by atoms with E-state index in [2.05, 4.69) is 25.0 Å². The number of carbonyl (C=O) groups is 2. The largest absolute Gasteiger partial charge is 0.467 e. The van der Waals surface area contributed by atoms with Gasteiger partial charge in [0.1, 0.15) is 10.8 Å². The molecule has 1 aliphatic heterocycles. The normalized spacial score (nSPS) is 13.2. The minimum absolute atomic E-state index is 0.0147. The lowest BCUT2D eigenvalue weighted by Crippen LogP contribution is -2.23. The van der Waals surface area contributed by atoms with Crippen LogP contribution in [0.2, 0.25) is 5.02 Å². The molecule has 4 heterocycles. The Morgan fingerprint density at radius 2 is 2.12 bits per heavy atom. The number of anilines is 1. The van der Waals surface area contributed by atoms with E-state index in [0.29, 0.717) is 16.7 Å². The van der Waals surface area contributed by atoms with E-state index >= 15 is 0 Å². The van der Waals surface area contributed by atoms with Gasteiger partial charge >= 0.3 is 6.18 Å². The SMILES string of the molecule is O=C(Nc1nccc2c1CN(Cc1cnc(OCC(F)(F)F)c(Cl)c1)C2=O)c1cnco1. The smallest absolute Gasteiger partial charge is 0.422 e. The Bertz CT molecular complexity index is 1170. The fourth-order valence-corrected chi connectivity index (χ4v) is 3.29. The molecule has 0 saturated heterocycles. The summed E-state index contributed by atoms with van der Waals surface area (Å²) in [6.45, 7) is -1.30. The maximum atomic E-state index is 12.8. The Kier molecular flexibility index (Phi) is 5.70. The summed E-state index contributed by atoms with van der Waals surface area (Å²) in [5.74, 6) is -1.05. The minimum atomic E-state index is -4.52. The third-order valence-electron chi connectivity index (χ3n) is 4.42. The zero-order chi connectivity index (χ0) is 22.9. The molecule has 166 valence electrons. The summed E-state index contributed by atoms with van der Waals surface area (Å²) in [7, 11) is 0. The first-order chi connectivity index (χ1) is 15.2. The molecule has 0 atom stereocenters. The number of hydrogen-bond donors (Lipinski definition) is 1. The van der Waals surface area contributed by atoms with E-state index in [4.69, 9.17) is 16.0 Å². The third-order valence-corrected chi connectivity index (χ3v) is 4.69. The number of amides is 2. The second kappa shape index (κ2) is 8.46. The van der Waals surface area contributed by atoms with Crippen LogP contribution in [0.25, 0.3) is 0 Å². The number of ether oxygens (including phenoxy) is 1. The Balaban J connectivity index is 1.47. The fraction of sp³-hybridized carbons (Fsp3) is 0.211. The molecule has 9 nitrogen and oxygen atoms in total. The average molecular weight is 468 g/mol. The van der Waals surface area contributed by atoms with Crippen LogP contribution in [0, 0.1) is 0 Å². The van der Waals surface area contributed by atoms with Crippen LogP contribution in [-0.4, -0.2) is 44.4 Å². The molecule has 0 saturated carbocycles. The van der Waals surface area contributed by atoms with E-state index in [1.54, 1.807) is 0 Å². The summed E-state index contributed by atoms with van der Waals surface area (Å²) >= 11 is 5.97. The summed E-state index contributed by atoms with van der Waals surface area (Å²) in [5.41, 5.74) is 1.35. The molecule has 0 unspecified atom stereocenters. The van der Waals surface area contributed by atoms with Crippen LogP contribution in [0.1, 0.15) is 32.0 Å². The zero-order valence-electron chi connectivity index (χ0n) is 16.0. The molecule has 1 aliphatic rings. The van der Waals surface area contributed by atoms with Crippen LogP contribution >= 0.6 is 11.6 Å². The van der Waals surface area contributed by atoms with E-state index in [1.165, 1.54) is 35.6 Å². The summed E-state index contributed by atoms with van der Waals surface area (Å²) in [5, 5.41) is 2.47. The Morgan fingerprint density at radius 3 is 2.81 bits per heavy atom. The van der Waals surface area contributed by atoms with Crippen LogP contribution < -0.4 is 10.1 Å². The first kappa shape index (κ1) is 21.6. The lowest BCUT2D eigenvalue weighted by molar-refractivity contribution is -0.154. The van der Waals surface area contributed by atoms with Crippen molar-refractivity contribution in [3.63, 3.8) is 0 Å². The van der Waals surface area contributed by atoms with Gasteiger partial charge in [-0.15, -0.1) is 0 Å². The first-order valence-electron chi connectivity index (χ1n) is 9.02. The predicted octanol–water partition coefficient (Wildman–Crippen LogP) is 3.47. The molecular weight excluding hydrogens is 455 g/mol. The first-order valence-corrected chi connectivity index (χ1v) is 9.40. The maximum absolute atomic E-state index is 12.8. The van der Waals surface area contributed by atoms with Crippen LogP contribution in [0.3, 0.4) is 0 Å². The Labute approximate surface area is 183 Å². The van der Waals surface area contributed by atoms with Gasteiger partial charge in [-0.25, -0.2) is 15.0 Å². The van der Waals surface area contributed by atoms with Crippen LogP contribution in [0.5, 0.6) is 5.88 Å². The topological polar surface area (TPSA) is 110 Å². The van der Waals surface area contributed by atoms with Gasteiger partial charge in [0.15, 0.2) is 13.0 Å². The van der Waals surface area contributed by atoms with Gasteiger partial charge in [0, 0.05) is 30.1 Å². The Hall–Kier alpha value is -3.67. The van der Waals surface area contributed by atoms with Crippen molar-refractivity contribution < 1.29 is 31.9 Å². The highest BCUT2D eigenvalue weighted by molar-refractivity contribution is 6.31. The third kappa shape index (κ3) is 4.64. The van der Waals surface area contributed by atoms with E-state index in [9.17, 15) is 22.8 Å². The van der Waals surface area contributed by atoms with Crippen LogP contribution in [0.4, 0.5) is 19.0 Å². The van der Waals surface area contributed by atoms with Crippen molar-refractivity contribution in [2.24, 2.45) is 0 Å². The highest BCUT2D eigenvalue weighted by atomic mass is 35.5. The van der Waals surface area contributed by atoms with Gasteiger partial charge < -0.3 is 19.4 Å². The summed E-state index contributed by atoms with van der Waals surface area (Å²) in [4.78, 5) is 38.1. The van der Waals surface area contributed by atoms with E-state index in [0.717, 1.165) is 6.39 Å². The monoisotopic (exact) mass is 467 g/mol. The van der Waals surface area contributed by atoms with Crippen molar-refractivity contribution in [3.8, 4) is 5.88 Å². The predicted molar refractivity (Wildman–Crippen MR) is 103 cm³/mol. The number of rotatable bonds is 6. The average Bonchev–Trinajstić information content (AvgIpc) is 3.37. The molecule has 0 aliphatic carbocycles. The molecule has 3 aromatic heterocycles. The van der Waals surface area contributed by atoms with Crippen LogP contribution in [-0.2, 0) is 13.1 Å². The Morgan fingerprint density at radius 1 is 1.31 bits per heavy atom. The van der Waals surface area contributed by atoms with Gasteiger partial charge in [0.25, 0.3) is 11.8 Å². The van der Waals surface area contributed by atoms with Gasteiger partial charge in [0.05, 0.1) is 12.7 Å². The molecule has 4 rings (SSSR count). The van der Waals surface area contributed by atoms with Gasteiger partial charge in [-0.05, 0) is 17.7 Å². The lowest BCUT2D eigenvalue weighted by atomic mass is 10.1. The number of hydrogen-bond acceptors (Lipinski definition) is 7. The second-order valence-corrected chi connectivity index (χ2v) is 7.11. The van der Waals surface area contributed by atoms with Gasteiger partial charge in [-0.3, -0.25) is 9.59 Å². The molecule has 0 fully saturated rings. The van der Waals surface area contributed by atoms with Crippen molar-refractivity contribution in [3.05, 3.63) is 64.6 Å². The lowest BCUT2D eigenvalue weighted by Gasteiger charge is -2.16. The molecule has 2 amide bonds. The quantitative estimate of drug-likeness (QED) is 0.591. The molecule has 13 heteroatoms. The molecule has 0 bridgehead atoms. The molecule has 3 aromatic rings. The maximum Gasteiger partial charge on any atom is 0.422 e. The molecular formula is C19H13ClF3N5O4. The number of oxazole rings is 1. The van der Waals surface area contributed by atoms with Gasteiger partial charge in [-0.2, -0.15) is 13.2 Å². The summed E-state index contributed by atoms with van der Waals surface area (Å²) in [6, 6.07) is 2.91. The van der Waals surface area contributed by atoms with Crippen LogP contribution in [0.15, 0.2) is 41.5 Å².